The molecular formula is C12H12BrN3O. The Morgan fingerprint density at radius 2 is 2.41 bits per heavy atom. The van der Waals surface area contributed by atoms with Gasteiger partial charge in [-0.1, -0.05) is 6.07 Å². The molecule has 3 rings (SSSR count). The first kappa shape index (κ1) is 10.9. The van der Waals surface area contributed by atoms with Crippen molar-refractivity contribution in [2.45, 2.75) is 12.3 Å². The first-order valence-corrected chi connectivity index (χ1v) is 6.43. The average Bonchev–Trinajstić information content (AvgIpc) is 2.95. The molecule has 1 unspecified atom stereocenters. The van der Waals surface area contributed by atoms with Gasteiger partial charge in [-0.2, -0.15) is 0 Å². The van der Waals surface area contributed by atoms with Gasteiger partial charge in [0.1, 0.15) is 11.5 Å². The van der Waals surface area contributed by atoms with E-state index in [0.29, 0.717) is 11.6 Å². The lowest BCUT2D eigenvalue weighted by Gasteiger charge is -2.08. The number of fused-ring (bicyclic) bond motifs is 1. The molecule has 1 aliphatic rings. The molecule has 1 fully saturated rings. The van der Waals surface area contributed by atoms with Gasteiger partial charge in [0.15, 0.2) is 6.29 Å². The molecule has 4 nitrogen and oxygen atoms in total. The summed E-state index contributed by atoms with van der Waals surface area (Å²) in [7, 11) is 0. The van der Waals surface area contributed by atoms with E-state index in [2.05, 4.69) is 26.2 Å². The second-order valence-electron chi connectivity index (χ2n) is 4.23. The molecule has 2 aromatic heterocycles. The average molecular weight is 294 g/mol. The van der Waals surface area contributed by atoms with Crippen LogP contribution in [0.5, 0.6) is 0 Å². The minimum absolute atomic E-state index is 0.384. The van der Waals surface area contributed by atoms with Gasteiger partial charge in [0.2, 0.25) is 0 Å². The SMILES string of the molecule is O=Cc1nc(C2CCNC2)n2c(Br)cccc12. The summed E-state index contributed by atoms with van der Waals surface area (Å²) in [6.45, 7) is 1.94. The maximum absolute atomic E-state index is 11.1. The van der Waals surface area contributed by atoms with Gasteiger partial charge >= 0.3 is 0 Å². The number of hydrogen-bond donors (Lipinski definition) is 1. The molecule has 0 amide bonds. The number of aromatic nitrogens is 2. The van der Waals surface area contributed by atoms with E-state index in [1.165, 1.54) is 0 Å². The van der Waals surface area contributed by atoms with Gasteiger partial charge in [0.05, 0.1) is 10.1 Å². The van der Waals surface area contributed by atoms with E-state index in [1.807, 2.05) is 22.6 Å². The Morgan fingerprint density at radius 1 is 1.53 bits per heavy atom. The Kier molecular flexibility index (Phi) is 2.72. The fourth-order valence-electron chi connectivity index (χ4n) is 2.38. The molecule has 1 aliphatic heterocycles. The fraction of sp³-hybridized carbons (Fsp3) is 0.333. The quantitative estimate of drug-likeness (QED) is 0.680. The summed E-state index contributed by atoms with van der Waals surface area (Å²) in [5, 5.41) is 3.33. The molecule has 1 N–H and O–H groups in total. The molecule has 0 aromatic carbocycles. The lowest BCUT2D eigenvalue weighted by Crippen LogP contribution is -2.10. The fourth-order valence-corrected chi connectivity index (χ4v) is 2.91. The van der Waals surface area contributed by atoms with Crippen LogP contribution in [0.4, 0.5) is 0 Å². The predicted octanol–water partition coefficient (Wildman–Crippen LogP) is 1.99. The number of nitrogens with one attached hydrogen (secondary N) is 1. The summed E-state index contributed by atoms with van der Waals surface area (Å²) in [4.78, 5) is 15.5. The van der Waals surface area contributed by atoms with Crippen molar-refractivity contribution in [2.24, 2.45) is 0 Å². The highest BCUT2D eigenvalue weighted by atomic mass is 79.9. The Morgan fingerprint density at radius 3 is 3.12 bits per heavy atom. The highest BCUT2D eigenvalue weighted by Gasteiger charge is 2.23. The third-order valence-electron chi connectivity index (χ3n) is 3.21. The van der Waals surface area contributed by atoms with Crippen molar-refractivity contribution in [3.8, 4) is 0 Å². The number of pyridine rings is 1. The first-order valence-electron chi connectivity index (χ1n) is 5.64. The number of hydrogen-bond acceptors (Lipinski definition) is 3. The summed E-state index contributed by atoms with van der Waals surface area (Å²) >= 11 is 3.52. The largest absolute Gasteiger partial charge is 0.316 e. The molecule has 1 atom stereocenters. The molecule has 0 aliphatic carbocycles. The molecule has 0 saturated carbocycles. The van der Waals surface area contributed by atoms with Crippen molar-refractivity contribution in [2.75, 3.05) is 13.1 Å². The van der Waals surface area contributed by atoms with Crippen molar-refractivity contribution in [3.63, 3.8) is 0 Å². The van der Waals surface area contributed by atoms with E-state index in [-0.39, 0.29) is 0 Å². The molecule has 88 valence electrons. The summed E-state index contributed by atoms with van der Waals surface area (Å²) < 4.78 is 2.97. The van der Waals surface area contributed by atoms with E-state index in [0.717, 1.165) is 41.7 Å². The Bertz CT molecular complexity index is 572. The summed E-state index contributed by atoms with van der Waals surface area (Å²) in [6.07, 6.45) is 1.90. The second kappa shape index (κ2) is 4.23. The zero-order chi connectivity index (χ0) is 11.8. The number of halogens is 1. The number of rotatable bonds is 2. The molecule has 5 heteroatoms. The Labute approximate surface area is 107 Å². The molecule has 3 heterocycles. The van der Waals surface area contributed by atoms with E-state index in [4.69, 9.17) is 0 Å². The zero-order valence-electron chi connectivity index (χ0n) is 9.19. The summed E-state index contributed by atoms with van der Waals surface area (Å²) in [5.74, 6) is 1.36. The normalized spacial score (nSPS) is 19.9. The van der Waals surface area contributed by atoms with Crippen LogP contribution in [0.3, 0.4) is 0 Å². The van der Waals surface area contributed by atoms with E-state index >= 15 is 0 Å². The van der Waals surface area contributed by atoms with E-state index in [1.54, 1.807) is 0 Å². The third kappa shape index (κ3) is 1.70. The van der Waals surface area contributed by atoms with Crippen LogP contribution in [-0.2, 0) is 0 Å². The van der Waals surface area contributed by atoms with Crippen LogP contribution >= 0.6 is 15.9 Å². The van der Waals surface area contributed by atoms with Crippen molar-refractivity contribution < 1.29 is 4.79 Å². The number of nitrogens with zero attached hydrogens (tertiary/aromatic N) is 2. The number of aldehydes is 1. The smallest absolute Gasteiger partial charge is 0.170 e. The van der Waals surface area contributed by atoms with Crippen LogP contribution in [0.15, 0.2) is 22.8 Å². The molecule has 17 heavy (non-hydrogen) atoms. The topological polar surface area (TPSA) is 46.4 Å². The Balaban J connectivity index is 2.26. The van der Waals surface area contributed by atoms with Crippen molar-refractivity contribution in [3.05, 3.63) is 34.3 Å². The molecule has 0 spiro atoms. The summed E-state index contributed by atoms with van der Waals surface area (Å²) in [6, 6.07) is 5.81. The second-order valence-corrected chi connectivity index (χ2v) is 5.04. The van der Waals surface area contributed by atoms with Crippen LogP contribution in [-0.4, -0.2) is 28.8 Å². The monoisotopic (exact) mass is 293 g/mol. The van der Waals surface area contributed by atoms with E-state index < -0.39 is 0 Å². The van der Waals surface area contributed by atoms with Crippen molar-refractivity contribution >= 4 is 27.7 Å². The van der Waals surface area contributed by atoms with Gasteiger partial charge in [-0.05, 0) is 41.0 Å². The minimum Gasteiger partial charge on any atom is -0.316 e. The highest BCUT2D eigenvalue weighted by Crippen LogP contribution is 2.27. The van der Waals surface area contributed by atoms with Gasteiger partial charge in [0.25, 0.3) is 0 Å². The van der Waals surface area contributed by atoms with Crippen molar-refractivity contribution in [1.29, 1.82) is 0 Å². The number of imidazole rings is 1. The van der Waals surface area contributed by atoms with Crippen LogP contribution < -0.4 is 5.32 Å². The lowest BCUT2D eigenvalue weighted by atomic mass is 10.1. The number of carbonyl (C=O) groups excluding carboxylic acids is 1. The minimum atomic E-state index is 0.384. The maximum Gasteiger partial charge on any atom is 0.170 e. The third-order valence-corrected chi connectivity index (χ3v) is 3.82. The zero-order valence-corrected chi connectivity index (χ0v) is 10.8. The van der Waals surface area contributed by atoms with Crippen LogP contribution in [0.2, 0.25) is 0 Å². The molecular weight excluding hydrogens is 282 g/mol. The van der Waals surface area contributed by atoms with E-state index in [9.17, 15) is 4.79 Å². The van der Waals surface area contributed by atoms with Gasteiger partial charge in [-0.15, -0.1) is 0 Å². The molecule has 0 radical (unpaired) electrons. The van der Waals surface area contributed by atoms with Crippen molar-refractivity contribution in [1.82, 2.24) is 14.7 Å². The van der Waals surface area contributed by atoms with Gasteiger partial charge in [-0.25, -0.2) is 4.98 Å². The maximum atomic E-state index is 11.1. The number of carbonyl (C=O) groups is 1. The molecule has 2 aromatic rings. The molecule has 1 saturated heterocycles. The Hall–Kier alpha value is -1.20. The highest BCUT2D eigenvalue weighted by molar-refractivity contribution is 9.10. The van der Waals surface area contributed by atoms with Gasteiger partial charge in [0, 0.05) is 12.5 Å². The van der Waals surface area contributed by atoms with Crippen LogP contribution in [0.1, 0.15) is 28.7 Å². The lowest BCUT2D eigenvalue weighted by molar-refractivity contribution is 0.112. The molecule has 0 bridgehead atoms. The standard InChI is InChI=1S/C12H12BrN3O/c13-11-3-1-2-10-9(7-17)15-12(16(10)11)8-4-5-14-6-8/h1-3,7-8,14H,4-6H2. The van der Waals surface area contributed by atoms with Crippen LogP contribution in [0.25, 0.3) is 5.52 Å². The summed E-state index contributed by atoms with van der Waals surface area (Å²) in [5.41, 5.74) is 1.39. The predicted molar refractivity (Wildman–Crippen MR) is 68.5 cm³/mol. The van der Waals surface area contributed by atoms with Crippen LogP contribution in [0, 0.1) is 0 Å². The van der Waals surface area contributed by atoms with Gasteiger partial charge in [-0.3, -0.25) is 9.20 Å². The van der Waals surface area contributed by atoms with Gasteiger partial charge < -0.3 is 5.32 Å². The first-order chi connectivity index (χ1) is 8.31.